The van der Waals surface area contributed by atoms with Crippen LogP contribution in [-0.4, -0.2) is 75.8 Å². The van der Waals surface area contributed by atoms with Crippen LogP contribution in [0.25, 0.3) is 0 Å². The van der Waals surface area contributed by atoms with Gasteiger partial charge in [-0.1, -0.05) is 101 Å². The highest BCUT2D eigenvalue weighted by molar-refractivity contribution is 6.81. The molecule has 2 heterocycles. The fraction of sp³-hybridized carbons (Fsp3) is 0.941. The summed E-state index contributed by atoms with van der Waals surface area (Å²) in [5.41, 5.74) is 2.44. The van der Waals surface area contributed by atoms with Crippen molar-refractivity contribution in [2.75, 3.05) is 0 Å². The van der Waals surface area contributed by atoms with Crippen molar-refractivity contribution in [3.8, 4) is 0 Å². The Morgan fingerprint density at radius 3 is 1.56 bits per heavy atom. The Kier molecular flexibility index (Phi) is 12.4. The summed E-state index contributed by atoms with van der Waals surface area (Å²) < 4.78 is 36.5. The van der Waals surface area contributed by atoms with E-state index < -0.39 is 33.0 Å². The number of hydrogen-bond acceptors (Lipinski definition) is 5. The minimum atomic E-state index is -2.24. The lowest BCUT2D eigenvalue weighted by Crippen LogP contribution is -2.69. The molecule has 2 fully saturated rings. The standard InChI is InChI=1S/C34H72O5Si4/c1-20-25-21-22-26-28(35-25)30(38-42(16,17)33(5,6)7)31(39-43(18,19)34(8,9)10)29(36-26)27(23-24-40(11,12)13)37-41(14,15)32(2,3)4/h23-31H,20-22H2,1-19H3/t25-,26-,27-,28-,29-,30-,31+/m0/s1. The molecule has 0 spiro atoms. The summed E-state index contributed by atoms with van der Waals surface area (Å²) >= 11 is 0. The lowest BCUT2D eigenvalue weighted by molar-refractivity contribution is -0.266. The fourth-order valence-electron chi connectivity index (χ4n) is 4.96. The third kappa shape index (κ3) is 9.95. The van der Waals surface area contributed by atoms with Crippen LogP contribution in [0.4, 0.5) is 0 Å². The first kappa shape index (κ1) is 39.6. The van der Waals surface area contributed by atoms with Crippen molar-refractivity contribution in [2.24, 2.45) is 0 Å². The second-order valence-corrected chi connectivity index (χ2v) is 38.4. The van der Waals surface area contributed by atoms with Gasteiger partial charge in [0.1, 0.15) is 24.4 Å². The van der Waals surface area contributed by atoms with Crippen molar-refractivity contribution in [1.29, 1.82) is 0 Å². The van der Waals surface area contributed by atoms with Gasteiger partial charge in [0.25, 0.3) is 0 Å². The molecule has 0 aliphatic carbocycles. The molecule has 0 N–H and O–H groups in total. The Balaban J connectivity index is 2.81. The molecule has 2 saturated heterocycles. The average Bonchev–Trinajstić information content (AvgIpc) is 2.79. The first-order valence-electron chi connectivity index (χ1n) is 17.1. The van der Waals surface area contributed by atoms with E-state index in [9.17, 15) is 0 Å². The Bertz CT molecular complexity index is 936. The second kappa shape index (κ2) is 13.5. The van der Waals surface area contributed by atoms with E-state index >= 15 is 0 Å². The zero-order valence-corrected chi connectivity index (χ0v) is 35.9. The van der Waals surface area contributed by atoms with E-state index in [0.717, 1.165) is 19.3 Å². The quantitative estimate of drug-likeness (QED) is 0.216. The van der Waals surface area contributed by atoms with Gasteiger partial charge in [0, 0.05) is 0 Å². The van der Waals surface area contributed by atoms with Gasteiger partial charge in [-0.05, 0) is 73.7 Å². The minimum Gasteiger partial charge on any atom is -0.408 e. The molecule has 0 saturated carbocycles. The summed E-state index contributed by atoms with van der Waals surface area (Å²) in [5.74, 6) is 0. The maximum atomic E-state index is 7.50. The third-order valence-corrected chi connectivity index (χ3v) is 25.7. The smallest absolute Gasteiger partial charge is 0.193 e. The predicted octanol–water partition coefficient (Wildman–Crippen LogP) is 10.3. The van der Waals surface area contributed by atoms with E-state index in [2.05, 4.69) is 140 Å². The molecule has 0 radical (unpaired) electrons. The normalized spacial score (nSPS) is 29.6. The number of ether oxygens (including phenoxy) is 2. The van der Waals surface area contributed by atoms with Crippen molar-refractivity contribution < 1.29 is 22.8 Å². The van der Waals surface area contributed by atoms with Crippen molar-refractivity contribution in [1.82, 2.24) is 0 Å². The molecule has 2 aliphatic rings. The van der Waals surface area contributed by atoms with Gasteiger partial charge in [-0.15, -0.1) is 0 Å². The van der Waals surface area contributed by atoms with E-state index in [-0.39, 0.29) is 57.8 Å². The summed E-state index contributed by atoms with van der Waals surface area (Å²) in [6.07, 6.45) is 4.42. The SMILES string of the molecule is CC[C@H]1CC[C@@H]2O[C@@H]([C@H](C=C[Si](C)(C)C)O[Si](C)(C)C(C)(C)C)[C@@H](O[Si](C)(C)C(C)(C)C)[C@@H](O[Si](C)(C)C(C)(C)C)[C@H]2O1. The largest absolute Gasteiger partial charge is 0.408 e. The van der Waals surface area contributed by atoms with Crippen LogP contribution in [0, 0.1) is 0 Å². The van der Waals surface area contributed by atoms with Crippen LogP contribution >= 0.6 is 0 Å². The molecule has 2 rings (SSSR count). The fourth-order valence-corrected chi connectivity index (χ4v) is 9.58. The van der Waals surface area contributed by atoms with Gasteiger partial charge < -0.3 is 22.8 Å². The monoisotopic (exact) mass is 672 g/mol. The van der Waals surface area contributed by atoms with E-state index in [1.54, 1.807) is 0 Å². The average molecular weight is 673 g/mol. The molecule has 0 bridgehead atoms. The Morgan fingerprint density at radius 1 is 0.674 bits per heavy atom. The molecule has 43 heavy (non-hydrogen) atoms. The predicted molar refractivity (Wildman–Crippen MR) is 196 cm³/mol. The number of fused-ring (bicyclic) bond motifs is 1. The Hall–Kier alpha value is 0.408. The Labute approximate surface area is 272 Å². The molecule has 254 valence electrons. The van der Waals surface area contributed by atoms with Gasteiger partial charge in [0.2, 0.25) is 0 Å². The highest BCUT2D eigenvalue weighted by Gasteiger charge is 2.57. The van der Waals surface area contributed by atoms with Crippen LogP contribution in [0.3, 0.4) is 0 Å². The third-order valence-electron chi connectivity index (χ3n) is 11.1. The van der Waals surface area contributed by atoms with Gasteiger partial charge >= 0.3 is 0 Å². The number of hydrogen-bond donors (Lipinski definition) is 0. The van der Waals surface area contributed by atoms with Crippen LogP contribution in [-0.2, 0) is 22.8 Å². The van der Waals surface area contributed by atoms with Crippen molar-refractivity contribution in [3.63, 3.8) is 0 Å². The van der Waals surface area contributed by atoms with E-state index in [0.29, 0.717) is 0 Å². The summed E-state index contributed by atoms with van der Waals surface area (Å²) in [7, 11) is -8.11. The second-order valence-electron chi connectivity index (χ2n) is 19.1. The zero-order valence-electron chi connectivity index (χ0n) is 31.9. The summed E-state index contributed by atoms with van der Waals surface area (Å²) in [4.78, 5) is 0. The lowest BCUT2D eigenvalue weighted by atomic mass is 9.87. The molecule has 0 aromatic rings. The van der Waals surface area contributed by atoms with E-state index in [1.807, 2.05) is 0 Å². The highest BCUT2D eigenvalue weighted by Crippen LogP contribution is 2.47. The van der Waals surface area contributed by atoms with Gasteiger partial charge in [-0.2, -0.15) is 0 Å². The molecule has 7 atom stereocenters. The molecular weight excluding hydrogens is 601 g/mol. The van der Waals surface area contributed by atoms with Gasteiger partial charge in [0.15, 0.2) is 25.0 Å². The molecule has 0 unspecified atom stereocenters. The lowest BCUT2D eigenvalue weighted by Gasteiger charge is -2.56. The molecule has 0 aromatic carbocycles. The molecule has 0 aromatic heterocycles. The topological polar surface area (TPSA) is 46.2 Å². The summed E-state index contributed by atoms with van der Waals surface area (Å²) in [6, 6.07) is 0. The molecule has 5 nitrogen and oxygen atoms in total. The van der Waals surface area contributed by atoms with Gasteiger partial charge in [-0.25, -0.2) is 0 Å². The van der Waals surface area contributed by atoms with Crippen LogP contribution in [0.2, 0.25) is 74.0 Å². The van der Waals surface area contributed by atoms with Crippen LogP contribution in [0.1, 0.15) is 88.5 Å². The van der Waals surface area contributed by atoms with Crippen molar-refractivity contribution >= 4 is 33.0 Å². The molecule has 9 heteroatoms. The maximum Gasteiger partial charge on any atom is 0.193 e. The maximum absolute atomic E-state index is 7.50. The van der Waals surface area contributed by atoms with Crippen LogP contribution in [0.5, 0.6) is 0 Å². The van der Waals surface area contributed by atoms with Gasteiger partial charge in [-0.3, -0.25) is 0 Å². The van der Waals surface area contributed by atoms with Gasteiger partial charge in [0.05, 0.1) is 26.4 Å². The summed E-state index contributed by atoms with van der Waals surface area (Å²) in [6.45, 7) is 44.5. The minimum absolute atomic E-state index is 0.0346. The molecule has 0 amide bonds. The van der Waals surface area contributed by atoms with Crippen LogP contribution < -0.4 is 0 Å². The molecular formula is C34H72O5Si4. The van der Waals surface area contributed by atoms with E-state index in [1.165, 1.54) is 0 Å². The van der Waals surface area contributed by atoms with Crippen molar-refractivity contribution in [2.45, 2.75) is 205 Å². The first-order chi connectivity index (χ1) is 19.0. The van der Waals surface area contributed by atoms with E-state index in [4.69, 9.17) is 22.8 Å². The first-order valence-corrected chi connectivity index (χ1v) is 29.4. The summed E-state index contributed by atoms with van der Waals surface area (Å²) in [5, 5.41) is 0.176. The zero-order chi connectivity index (χ0) is 33.6. The van der Waals surface area contributed by atoms with Crippen LogP contribution in [0.15, 0.2) is 11.8 Å². The Morgan fingerprint density at radius 2 is 1.14 bits per heavy atom. The van der Waals surface area contributed by atoms with Crippen molar-refractivity contribution in [3.05, 3.63) is 11.8 Å². The molecule has 2 aliphatic heterocycles. The number of rotatable bonds is 10. The highest BCUT2D eigenvalue weighted by atomic mass is 28.4.